The van der Waals surface area contributed by atoms with E-state index < -0.39 is 17.0 Å². The smallest absolute Gasteiger partial charge is 0.317 e. The fraction of sp³-hybridized carbons (Fsp3) is 0.160. The van der Waals surface area contributed by atoms with Crippen molar-refractivity contribution >= 4 is 34.2 Å². The van der Waals surface area contributed by atoms with E-state index in [2.05, 4.69) is 5.32 Å². The predicted molar refractivity (Wildman–Crippen MR) is 129 cm³/mol. The molecule has 8 heteroatoms. The molecule has 33 heavy (non-hydrogen) atoms. The number of fused-ring (bicyclic) bond motifs is 1. The summed E-state index contributed by atoms with van der Waals surface area (Å²) in [6.45, 7) is 2.16. The Morgan fingerprint density at radius 3 is 2.36 bits per heavy atom. The number of anilines is 1. The lowest BCUT2D eigenvalue weighted by Gasteiger charge is -2.16. The molecule has 4 rings (SSSR count). The molecule has 1 amide bonds. The van der Waals surface area contributed by atoms with Crippen LogP contribution in [0.15, 0.2) is 82.4 Å². The molecule has 0 radical (unpaired) electrons. The Balaban J connectivity index is 1.74. The van der Waals surface area contributed by atoms with Crippen molar-refractivity contribution < 1.29 is 9.53 Å². The molecule has 0 spiro atoms. The molecule has 4 aromatic rings. The highest BCUT2D eigenvalue weighted by Crippen LogP contribution is 2.24. The van der Waals surface area contributed by atoms with Crippen LogP contribution >= 0.6 is 11.6 Å². The Morgan fingerprint density at radius 1 is 0.909 bits per heavy atom. The molecule has 0 aliphatic rings. The van der Waals surface area contributed by atoms with Crippen LogP contribution < -0.4 is 21.2 Å². The summed E-state index contributed by atoms with van der Waals surface area (Å²) in [5.74, 6) is 0.0533. The highest BCUT2D eigenvalue weighted by atomic mass is 35.5. The largest absolute Gasteiger partial charge is 0.492 e. The maximum absolute atomic E-state index is 13.0. The van der Waals surface area contributed by atoms with Crippen LogP contribution in [-0.2, 0) is 17.9 Å². The normalized spacial score (nSPS) is 10.8. The molecule has 0 aliphatic heterocycles. The van der Waals surface area contributed by atoms with Crippen LogP contribution in [0.25, 0.3) is 11.0 Å². The molecular formula is C25H22ClN3O4. The van der Waals surface area contributed by atoms with Crippen molar-refractivity contribution in [2.75, 3.05) is 11.9 Å². The van der Waals surface area contributed by atoms with E-state index in [0.717, 1.165) is 10.1 Å². The monoisotopic (exact) mass is 463 g/mol. The van der Waals surface area contributed by atoms with E-state index in [1.165, 1.54) is 4.57 Å². The fourth-order valence-corrected chi connectivity index (χ4v) is 3.82. The van der Waals surface area contributed by atoms with Crippen LogP contribution in [0.2, 0.25) is 5.02 Å². The van der Waals surface area contributed by atoms with Crippen LogP contribution in [0.3, 0.4) is 0 Å². The molecule has 0 unspecified atom stereocenters. The molecule has 0 saturated heterocycles. The van der Waals surface area contributed by atoms with E-state index in [0.29, 0.717) is 34.1 Å². The Kier molecular flexibility index (Phi) is 6.60. The van der Waals surface area contributed by atoms with E-state index >= 15 is 0 Å². The van der Waals surface area contributed by atoms with Crippen LogP contribution in [0, 0.1) is 0 Å². The Bertz CT molecular complexity index is 1430. The zero-order valence-corrected chi connectivity index (χ0v) is 18.7. The second-order valence-electron chi connectivity index (χ2n) is 7.38. The second kappa shape index (κ2) is 9.75. The van der Waals surface area contributed by atoms with Crippen LogP contribution in [-0.4, -0.2) is 21.6 Å². The number of nitrogens with zero attached hydrogens (tertiary/aromatic N) is 2. The highest BCUT2D eigenvalue weighted by Gasteiger charge is 2.17. The number of hydrogen-bond donors (Lipinski definition) is 1. The number of carbonyl (C=O) groups excluding carboxylic acids is 1. The van der Waals surface area contributed by atoms with Gasteiger partial charge in [-0.25, -0.2) is 0 Å². The van der Waals surface area contributed by atoms with E-state index in [1.54, 1.807) is 42.5 Å². The Morgan fingerprint density at radius 2 is 1.61 bits per heavy atom. The number of hydrogen-bond acceptors (Lipinski definition) is 4. The van der Waals surface area contributed by atoms with Crippen molar-refractivity contribution in [3.63, 3.8) is 0 Å². The molecule has 3 aromatic carbocycles. The number of rotatable bonds is 7. The van der Waals surface area contributed by atoms with E-state index in [1.807, 2.05) is 37.3 Å². The van der Waals surface area contributed by atoms with Crippen molar-refractivity contribution in [2.45, 2.75) is 20.0 Å². The highest BCUT2D eigenvalue weighted by molar-refractivity contribution is 6.31. The number of halogens is 1. The summed E-state index contributed by atoms with van der Waals surface area (Å²) in [6.07, 6.45) is 0. The Labute approximate surface area is 194 Å². The van der Waals surface area contributed by atoms with Crippen molar-refractivity contribution in [2.24, 2.45) is 0 Å². The summed E-state index contributed by atoms with van der Waals surface area (Å²) in [4.78, 5) is 38.9. The first kappa shape index (κ1) is 22.4. The molecule has 0 aliphatic carbocycles. The van der Waals surface area contributed by atoms with Crippen LogP contribution in [0.5, 0.6) is 5.75 Å². The molecule has 1 aromatic heterocycles. The third-order valence-electron chi connectivity index (χ3n) is 5.14. The lowest BCUT2D eigenvalue weighted by atomic mass is 10.2. The summed E-state index contributed by atoms with van der Waals surface area (Å²) >= 11 is 6.20. The maximum atomic E-state index is 13.0. The lowest BCUT2D eigenvalue weighted by Crippen LogP contribution is -2.43. The minimum atomic E-state index is -0.797. The van der Waals surface area contributed by atoms with Gasteiger partial charge in [0.15, 0.2) is 0 Å². The summed E-state index contributed by atoms with van der Waals surface area (Å²) in [7, 11) is 0. The predicted octanol–water partition coefficient (Wildman–Crippen LogP) is 3.90. The van der Waals surface area contributed by atoms with Crippen molar-refractivity contribution in [1.29, 1.82) is 0 Å². The number of nitrogens with one attached hydrogen (secondary N) is 1. The lowest BCUT2D eigenvalue weighted by molar-refractivity contribution is -0.116. The van der Waals surface area contributed by atoms with E-state index in [-0.39, 0.29) is 13.1 Å². The fourth-order valence-electron chi connectivity index (χ4n) is 3.66. The molecule has 7 nitrogen and oxygen atoms in total. The first-order valence-corrected chi connectivity index (χ1v) is 10.8. The van der Waals surface area contributed by atoms with Gasteiger partial charge < -0.3 is 10.1 Å². The van der Waals surface area contributed by atoms with Gasteiger partial charge >= 0.3 is 11.1 Å². The van der Waals surface area contributed by atoms with Gasteiger partial charge in [0, 0.05) is 5.02 Å². The van der Waals surface area contributed by atoms with Crippen LogP contribution in [0.4, 0.5) is 5.69 Å². The van der Waals surface area contributed by atoms with E-state index in [9.17, 15) is 14.4 Å². The number of benzene rings is 3. The molecule has 1 N–H and O–H groups in total. The SMILES string of the molecule is CCOc1ccccc1NC(=O)Cn1c(=O)c(=O)n(Cc2ccccc2)c2ccc(Cl)cc21. The molecular weight excluding hydrogens is 442 g/mol. The zero-order chi connectivity index (χ0) is 23.4. The minimum absolute atomic E-state index is 0.224. The second-order valence-corrected chi connectivity index (χ2v) is 7.82. The number of para-hydroxylation sites is 2. The quantitative estimate of drug-likeness (QED) is 0.421. The third kappa shape index (κ3) is 4.83. The summed E-state index contributed by atoms with van der Waals surface area (Å²) in [5.41, 5.74) is 0.757. The van der Waals surface area contributed by atoms with Gasteiger partial charge in [-0.05, 0) is 42.8 Å². The summed E-state index contributed by atoms with van der Waals surface area (Å²) in [6, 6.07) is 21.3. The first-order valence-electron chi connectivity index (χ1n) is 10.5. The molecule has 1 heterocycles. The van der Waals surface area contributed by atoms with Crippen molar-refractivity contribution in [3.05, 3.63) is 104 Å². The first-order chi connectivity index (χ1) is 16.0. The van der Waals surface area contributed by atoms with Gasteiger partial charge in [0.25, 0.3) is 0 Å². The molecule has 0 bridgehead atoms. The molecule has 0 fully saturated rings. The van der Waals surface area contributed by atoms with Gasteiger partial charge in [0.05, 0.1) is 29.9 Å². The average molecular weight is 464 g/mol. The number of carbonyl (C=O) groups is 1. The number of amides is 1. The number of ether oxygens (including phenoxy) is 1. The summed E-state index contributed by atoms with van der Waals surface area (Å²) < 4.78 is 8.10. The molecule has 0 saturated carbocycles. The molecule has 0 atom stereocenters. The van der Waals surface area contributed by atoms with Crippen molar-refractivity contribution in [3.8, 4) is 5.75 Å². The Hall–Kier alpha value is -3.84. The topological polar surface area (TPSA) is 82.3 Å². The average Bonchev–Trinajstić information content (AvgIpc) is 2.82. The third-order valence-corrected chi connectivity index (χ3v) is 5.37. The van der Waals surface area contributed by atoms with Gasteiger partial charge in [-0.1, -0.05) is 54.1 Å². The zero-order valence-electron chi connectivity index (χ0n) is 18.0. The van der Waals surface area contributed by atoms with E-state index in [4.69, 9.17) is 16.3 Å². The summed E-state index contributed by atoms with van der Waals surface area (Å²) in [5, 5.41) is 3.15. The van der Waals surface area contributed by atoms with Gasteiger partial charge in [0.1, 0.15) is 12.3 Å². The minimum Gasteiger partial charge on any atom is -0.492 e. The van der Waals surface area contributed by atoms with Gasteiger partial charge in [-0.2, -0.15) is 0 Å². The molecule has 168 valence electrons. The number of aromatic nitrogens is 2. The van der Waals surface area contributed by atoms with Crippen molar-refractivity contribution in [1.82, 2.24) is 9.13 Å². The van der Waals surface area contributed by atoms with Gasteiger partial charge in [0.2, 0.25) is 5.91 Å². The van der Waals surface area contributed by atoms with Gasteiger partial charge in [-0.3, -0.25) is 23.5 Å². The standard InChI is InChI=1S/C25H22ClN3O4/c1-2-33-22-11-7-6-10-19(22)27-23(30)16-29-21-14-18(26)12-13-20(21)28(24(31)25(29)32)15-17-8-4-3-5-9-17/h3-14H,2,15-16H2,1H3,(H,27,30). The van der Waals surface area contributed by atoms with Gasteiger partial charge in [-0.15, -0.1) is 0 Å². The van der Waals surface area contributed by atoms with Crippen LogP contribution in [0.1, 0.15) is 12.5 Å². The maximum Gasteiger partial charge on any atom is 0.317 e.